The summed E-state index contributed by atoms with van der Waals surface area (Å²) in [6.45, 7) is 3.38. The average Bonchev–Trinajstić information content (AvgIpc) is 2.69. The van der Waals surface area contributed by atoms with Crippen molar-refractivity contribution in [2.24, 2.45) is 11.7 Å². The highest BCUT2D eigenvalue weighted by molar-refractivity contribution is 5.42. The van der Waals surface area contributed by atoms with Crippen molar-refractivity contribution in [1.29, 1.82) is 0 Å². The van der Waals surface area contributed by atoms with Crippen molar-refractivity contribution in [2.75, 3.05) is 18.0 Å². The minimum Gasteiger partial charge on any atom is -0.352 e. The molecule has 1 aromatic heterocycles. The zero-order valence-electron chi connectivity index (χ0n) is 10.1. The van der Waals surface area contributed by atoms with Gasteiger partial charge in [-0.3, -0.25) is 0 Å². The zero-order chi connectivity index (χ0) is 13.3. The minimum atomic E-state index is -4.34. The van der Waals surface area contributed by atoms with E-state index in [9.17, 15) is 13.2 Å². The van der Waals surface area contributed by atoms with Crippen LogP contribution in [0.4, 0.5) is 19.0 Å². The highest BCUT2D eigenvalue weighted by atomic mass is 19.4. The Hall–Kier alpha value is -1.30. The standard InChI is InChI=1S/C12H16F3N3/c1-8-4-5-18(10(8)6-16)11-3-2-9(7-17-11)12(13,14)15/h2-3,7-8,10H,4-6,16H2,1H3. The second kappa shape index (κ2) is 4.76. The molecule has 6 heteroatoms. The molecule has 0 radical (unpaired) electrons. The van der Waals surface area contributed by atoms with Gasteiger partial charge in [0.05, 0.1) is 5.56 Å². The molecule has 18 heavy (non-hydrogen) atoms. The molecule has 2 unspecified atom stereocenters. The number of alkyl halides is 3. The molecule has 0 aromatic carbocycles. The van der Waals surface area contributed by atoms with Gasteiger partial charge in [0.25, 0.3) is 0 Å². The van der Waals surface area contributed by atoms with E-state index >= 15 is 0 Å². The Balaban J connectivity index is 2.20. The molecule has 1 saturated heterocycles. The Morgan fingerprint density at radius 3 is 2.67 bits per heavy atom. The minimum absolute atomic E-state index is 0.161. The Labute approximate surface area is 104 Å². The lowest BCUT2D eigenvalue weighted by Gasteiger charge is -2.26. The molecule has 1 aliphatic rings. The van der Waals surface area contributed by atoms with Gasteiger partial charge in [-0.1, -0.05) is 6.92 Å². The van der Waals surface area contributed by atoms with Gasteiger partial charge in [0, 0.05) is 25.3 Å². The first-order chi connectivity index (χ1) is 8.43. The largest absolute Gasteiger partial charge is 0.417 e. The Kier molecular flexibility index (Phi) is 3.47. The summed E-state index contributed by atoms with van der Waals surface area (Å²) in [5, 5.41) is 0. The smallest absolute Gasteiger partial charge is 0.352 e. The molecule has 100 valence electrons. The van der Waals surface area contributed by atoms with Crippen molar-refractivity contribution < 1.29 is 13.2 Å². The normalized spacial score (nSPS) is 24.6. The van der Waals surface area contributed by atoms with Crippen LogP contribution in [-0.4, -0.2) is 24.1 Å². The van der Waals surface area contributed by atoms with Crippen LogP contribution in [-0.2, 0) is 6.18 Å². The summed E-state index contributed by atoms with van der Waals surface area (Å²) in [4.78, 5) is 5.90. The molecule has 2 rings (SSSR count). The average molecular weight is 259 g/mol. The van der Waals surface area contributed by atoms with Crippen molar-refractivity contribution in [1.82, 2.24) is 4.98 Å². The van der Waals surface area contributed by atoms with Crippen LogP contribution < -0.4 is 10.6 Å². The van der Waals surface area contributed by atoms with Gasteiger partial charge in [-0.15, -0.1) is 0 Å². The number of aromatic nitrogens is 1. The number of nitrogens with two attached hydrogens (primary N) is 1. The zero-order valence-corrected chi connectivity index (χ0v) is 10.1. The van der Waals surface area contributed by atoms with Crippen LogP contribution in [0.15, 0.2) is 18.3 Å². The summed E-state index contributed by atoms with van der Waals surface area (Å²) in [7, 11) is 0. The van der Waals surface area contributed by atoms with Crippen LogP contribution in [0.5, 0.6) is 0 Å². The molecule has 0 spiro atoms. The summed E-state index contributed by atoms with van der Waals surface area (Å²) in [6.07, 6.45) is -2.46. The lowest BCUT2D eigenvalue weighted by Crippen LogP contribution is -2.38. The maximum Gasteiger partial charge on any atom is 0.417 e. The molecular formula is C12H16F3N3. The van der Waals surface area contributed by atoms with Crippen molar-refractivity contribution >= 4 is 5.82 Å². The molecule has 2 atom stereocenters. The quantitative estimate of drug-likeness (QED) is 0.886. The predicted molar refractivity (Wildman–Crippen MR) is 63.2 cm³/mol. The number of rotatable bonds is 2. The van der Waals surface area contributed by atoms with E-state index in [1.807, 2.05) is 4.90 Å². The molecule has 0 amide bonds. The van der Waals surface area contributed by atoms with Gasteiger partial charge in [-0.05, 0) is 24.5 Å². The fourth-order valence-corrected chi connectivity index (χ4v) is 2.38. The van der Waals surface area contributed by atoms with Crippen molar-refractivity contribution in [2.45, 2.75) is 25.6 Å². The summed E-state index contributed by atoms with van der Waals surface area (Å²) in [6, 6.07) is 2.65. The Bertz CT molecular complexity index is 402. The number of nitrogens with zero attached hydrogens (tertiary/aromatic N) is 2. The fourth-order valence-electron chi connectivity index (χ4n) is 2.38. The van der Waals surface area contributed by atoms with Crippen molar-refractivity contribution in [3.8, 4) is 0 Å². The molecule has 0 saturated carbocycles. The van der Waals surface area contributed by atoms with Crippen LogP contribution >= 0.6 is 0 Å². The lowest BCUT2D eigenvalue weighted by atomic mass is 10.0. The van der Waals surface area contributed by atoms with E-state index in [0.717, 1.165) is 25.2 Å². The van der Waals surface area contributed by atoms with E-state index in [1.165, 1.54) is 6.07 Å². The topological polar surface area (TPSA) is 42.2 Å². The van der Waals surface area contributed by atoms with Crippen molar-refractivity contribution in [3.63, 3.8) is 0 Å². The molecule has 3 nitrogen and oxygen atoms in total. The number of halogens is 3. The SMILES string of the molecule is CC1CCN(c2ccc(C(F)(F)F)cn2)C1CN. The maximum absolute atomic E-state index is 12.4. The van der Waals surface area contributed by atoms with Gasteiger partial charge in [-0.2, -0.15) is 13.2 Å². The summed E-state index contributed by atoms with van der Waals surface area (Å²) < 4.78 is 37.3. The van der Waals surface area contributed by atoms with Crippen molar-refractivity contribution in [3.05, 3.63) is 23.9 Å². The van der Waals surface area contributed by atoms with Crippen LogP contribution in [0.2, 0.25) is 0 Å². The van der Waals surface area contributed by atoms with E-state index in [2.05, 4.69) is 11.9 Å². The first kappa shape index (κ1) is 13.1. The third-order valence-corrected chi connectivity index (χ3v) is 3.49. The van der Waals surface area contributed by atoms with Gasteiger partial charge in [0.15, 0.2) is 0 Å². The lowest BCUT2D eigenvalue weighted by molar-refractivity contribution is -0.137. The van der Waals surface area contributed by atoms with Crippen LogP contribution in [0.3, 0.4) is 0 Å². The predicted octanol–water partition coefficient (Wildman–Crippen LogP) is 2.27. The van der Waals surface area contributed by atoms with E-state index in [0.29, 0.717) is 18.3 Å². The van der Waals surface area contributed by atoms with E-state index in [1.54, 1.807) is 0 Å². The molecule has 1 fully saturated rings. The molecule has 0 aliphatic carbocycles. The van der Waals surface area contributed by atoms with E-state index < -0.39 is 11.7 Å². The third-order valence-electron chi connectivity index (χ3n) is 3.49. The van der Waals surface area contributed by atoms with Gasteiger partial charge in [0.2, 0.25) is 0 Å². The van der Waals surface area contributed by atoms with Gasteiger partial charge in [-0.25, -0.2) is 4.98 Å². The Morgan fingerprint density at radius 2 is 2.17 bits per heavy atom. The summed E-state index contributed by atoms with van der Waals surface area (Å²) >= 11 is 0. The van der Waals surface area contributed by atoms with Gasteiger partial charge in [0.1, 0.15) is 5.82 Å². The molecule has 0 bridgehead atoms. The third kappa shape index (κ3) is 2.43. The number of anilines is 1. The van der Waals surface area contributed by atoms with Crippen LogP contribution in [0.25, 0.3) is 0 Å². The van der Waals surface area contributed by atoms with Gasteiger partial charge < -0.3 is 10.6 Å². The molecule has 2 heterocycles. The number of hydrogen-bond donors (Lipinski definition) is 1. The highest BCUT2D eigenvalue weighted by Gasteiger charge is 2.33. The fraction of sp³-hybridized carbons (Fsp3) is 0.583. The Morgan fingerprint density at radius 1 is 1.44 bits per heavy atom. The second-order valence-corrected chi connectivity index (χ2v) is 4.67. The van der Waals surface area contributed by atoms with Crippen LogP contribution in [0.1, 0.15) is 18.9 Å². The van der Waals surface area contributed by atoms with E-state index in [-0.39, 0.29) is 6.04 Å². The first-order valence-corrected chi connectivity index (χ1v) is 5.93. The van der Waals surface area contributed by atoms with E-state index in [4.69, 9.17) is 5.73 Å². The molecule has 1 aliphatic heterocycles. The highest BCUT2D eigenvalue weighted by Crippen LogP contribution is 2.31. The molecule has 1 aromatic rings. The number of pyridine rings is 1. The summed E-state index contributed by atoms with van der Waals surface area (Å²) in [5.41, 5.74) is 4.98. The van der Waals surface area contributed by atoms with Gasteiger partial charge >= 0.3 is 6.18 Å². The monoisotopic (exact) mass is 259 g/mol. The maximum atomic E-state index is 12.4. The first-order valence-electron chi connectivity index (χ1n) is 5.93. The molecule has 2 N–H and O–H groups in total. The molecular weight excluding hydrogens is 243 g/mol. The second-order valence-electron chi connectivity index (χ2n) is 4.67. The summed E-state index contributed by atoms with van der Waals surface area (Å²) in [5.74, 6) is 1.02. The van der Waals surface area contributed by atoms with Crippen LogP contribution in [0, 0.1) is 5.92 Å². The number of hydrogen-bond acceptors (Lipinski definition) is 3.